The molecule has 3 N–H and O–H groups in total. The molecule has 0 fully saturated rings. The van der Waals surface area contributed by atoms with Crippen LogP contribution in [0.1, 0.15) is 48.9 Å². The average molecular weight is 483 g/mol. The molecule has 0 saturated carbocycles. The fourth-order valence-corrected chi connectivity index (χ4v) is 3.06. The first-order valence-corrected chi connectivity index (χ1v) is 9.92. The Kier molecular flexibility index (Phi) is 7.23. The number of halogens is 1. The van der Waals surface area contributed by atoms with Gasteiger partial charge >= 0.3 is 0 Å². The molecule has 2 aromatic heterocycles. The van der Waals surface area contributed by atoms with Gasteiger partial charge in [0, 0.05) is 22.5 Å². The van der Waals surface area contributed by atoms with E-state index in [0.717, 1.165) is 27.7 Å². The molecule has 0 radical (unpaired) electrons. The second kappa shape index (κ2) is 9.20. The van der Waals surface area contributed by atoms with Crippen LogP contribution in [-0.4, -0.2) is 27.3 Å². The maximum absolute atomic E-state index is 11.8. The third-order valence-corrected chi connectivity index (χ3v) is 4.45. The molecular weight excluding hydrogens is 457 g/mol. The van der Waals surface area contributed by atoms with Gasteiger partial charge in [0.05, 0.1) is 23.6 Å². The zero-order valence-corrected chi connectivity index (χ0v) is 18.3. The van der Waals surface area contributed by atoms with Crippen LogP contribution in [0.25, 0.3) is 5.70 Å². The predicted molar refractivity (Wildman–Crippen MR) is 116 cm³/mol. The van der Waals surface area contributed by atoms with Crippen molar-refractivity contribution in [1.82, 2.24) is 14.8 Å². The number of ether oxygens (including phenoxy) is 1. The molecule has 0 saturated heterocycles. The van der Waals surface area contributed by atoms with Crippen LogP contribution in [0.4, 0.5) is 5.69 Å². The van der Waals surface area contributed by atoms with Gasteiger partial charge in [-0.15, -0.1) is 0 Å². The molecule has 0 aliphatic rings. The lowest BCUT2D eigenvalue weighted by atomic mass is 10.1. The van der Waals surface area contributed by atoms with Gasteiger partial charge in [-0.3, -0.25) is 9.48 Å². The number of nitrogens with two attached hydrogens (primary N) is 1. The Morgan fingerprint density at radius 1 is 1.48 bits per heavy atom. The van der Waals surface area contributed by atoms with Crippen LogP contribution in [0.3, 0.4) is 0 Å². The summed E-state index contributed by atoms with van der Waals surface area (Å²) in [6, 6.07) is 1.94. The number of nitrogens with zero attached hydrogens (tertiary/aromatic N) is 3. The van der Waals surface area contributed by atoms with Crippen molar-refractivity contribution >= 4 is 39.9 Å². The number of carbonyl (C=O) groups is 1. The Hall–Kier alpha value is -2.10. The third-order valence-electron chi connectivity index (χ3n) is 3.86. The van der Waals surface area contributed by atoms with E-state index in [1.807, 2.05) is 6.07 Å². The molecule has 7 nitrogen and oxygen atoms in total. The lowest BCUT2D eigenvalue weighted by molar-refractivity contribution is 0.0995. The summed E-state index contributed by atoms with van der Waals surface area (Å²) in [5, 5.41) is 7.50. The largest absolute Gasteiger partial charge is 0.477 e. The molecule has 0 aliphatic heterocycles. The minimum Gasteiger partial charge on any atom is -0.477 e. The first kappa shape index (κ1) is 21.2. The van der Waals surface area contributed by atoms with Crippen LogP contribution in [-0.2, 0) is 13.5 Å². The number of nitrogens with one attached hydrogen (secondary N) is 1. The van der Waals surface area contributed by atoms with Crippen molar-refractivity contribution in [3.8, 4) is 5.88 Å². The van der Waals surface area contributed by atoms with Gasteiger partial charge in [0.15, 0.2) is 5.69 Å². The van der Waals surface area contributed by atoms with Gasteiger partial charge in [-0.2, -0.15) is 5.10 Å². The Labute approximate surface area is 173 Å². The topological polar surface area (TPSA) is 95.1 Å². The number of pyridine rings is 1. The molecule has 0 bridgehead atoms. The summed E-state index contributed by atoms with van der Waals surface area (Å²) in [5.74, 6) is 0.291. The van der Waals surface area contributed by atoms with Crippen LogP contribution < -0.4 is 15.8 Å². The summed E-state index contributed by atoms with van der Waals surface area (Å²) in [6.07, 6.45) is 3.41. The molecule has 2 aromatic rings. The highest BCUT2D eigenvalue weighted by atomic mass is 127. The van der Waals surface area contributed by atoms with Crippen LogP contribution in [0, 0.1) is 9.49 Å². The second-order valence-corrected chi connectivity index (χ2v) is 7.97. The number of rotatable bonds is 9. The number of anilines is 1. The highest BCUT2D eigenvalue weighted by Gasteiger charge is 2.21. The minimum absolute atomic E-state index is 0.199. The molecule has 2 heterocycles. The molecule has 146 valence electrons. The standard InChI is InChI=1S/C19H26IN5O2/c1-6-7-15-16(17(18(21)26)24-25(15)5)23-12(4)14-8-13(20)9-22-19(14)27-10-11(2)3/h8-9,11,23H,4,6-7,10H2,1-3,5H3,(H2,21,26). The van der Waals surface area contributed by atoms with Gasteiger partial charge in [0.1, 0.15) is 0 Å². The minimum atomic E-state index is -0.583. The Morgan fingerprint density at radius 2 is 2.19 bits per heavy atom. The lowest BCUT2D eigenvalue weighted by Crippen LogP contribution is -2.15. The molecule has 0 spiro atoms. The van der Waals surface area contributed by atoms with Crippen molar-refractivity contribution in [2.45, 2.75) is 33.6 Å². The average Bonchev–Trinajstić information content (AvgIpc) is 2.90. The SMILES string of the molecule is C=C(Nc1c(C(N)=O)nn(C)c1CCC)c1cc(I)cnc1OCC(C)C. The van der Waals surface area contributed by atoms with Crippen molar-refractivity contribution in [3.63, 3.8) is 0 Å². The smallest absolute Gasteiger partial charge is 0.271 e. The van der Waals surface area contributed by atoms with Crippen molar-refractivity contribution in [1.29, 1.82) is 0 Å². The summed E-state index contributed by atoms with van der Waals surface area (Å²) in [7, 11) is 1.80. The van der Waals surface area contributed by atoms with E-state index in [-0.39, 0.29) is 5.69 Å². The van der Waals surface area contributed by atoms with Gasteiger partial charge in [0.25, 0.3) is 5.91 Å². The van der Waals surface area contributed by atoms with Crippen molar-refractivity contribution in [2.75, 3.05) is 11.9 Å². The predicted octanol–water partition coefficient (Wildman–Crippen LogP) is 3.59. The number of primary amides is 1. The van der Waals surface area contributed by atoms with E-state index in [1.54, 1.807) is 17.9 Å². The monoisotopic (exact) mass is 483 g/mol. The fraction of sp³-hybridized carbons (Fsp3) is 0.421. The van der Waals surface area contributed by atoms with Gasteiger partial charge < -0.3 is 15.8 Å². The zero-order chi connectivity index (χ0) is 20.1. The first-order valence-electron chi connectivity index (χ1n) is 8.84. The summed E-state index contributed by atoms with van der Waals surface area (Å²) < 4.78 is 8.48. The summed E-state index contributed by atoms with van der Waals surface area (Å²) in [6.45, 7) is 10.9. The number of amides is 1. The maximum Gasteiger partial charge on any atom is 0.271 e. The van der Waals surface area contributed by atoms with E-state index in [0.29, 0.717) is 29.8 Å². The second-order valence-electron chi connectivity index (χ2n) is 6.72. The number of hydrogen-bond donors (Lipinski definition) is 2. The van der Waals surface area contributed by atoms with E-state index >= 15 is 0 Å². The van der Waals surface area contributed by atoms with Gasteiger partial charge in [-0.05, 0) is 41.0 Å². The van der Waals surface area contributed by atoms with E-state index in [1.165, 1.54) is 0 Å². The molecule has 1 amide bonds. The molecule has 8 heteroatoms. The Balaban J connectivity index is 2.40. The van der Waals surface area contributed by atoms with E-state index < -0.39 is 5.91 Å². The van der Waals surface area contributed by atoms with Crippen molar-refractivity contribution in [3.05, 3.63) is 39.4 Å². The van der Waals surface area contributed by atoms with E-state index in [2.05, 4.69) is 65.3 Å². The van der Waals surface area contributed by atoms with Crippen molar-refractivity contribution in [2.24, 2.45) is 18.7 Å². The molecule has 27 heavy (non-hydrogen) atoms. The van der Waals surface area contributed by atoms with Crippen LogP contribution in [0.5, 0.6) is 5.88 Å². The Bertz CT molecular complexity index is 845. The molecule has 0 aromatic carbocycles. The lowest BCUT2D eigenvalue weighted by Gasteiger charge is -2.16. The number of hydrogen-bond acceptors (Lipinski definition) is 5. The third kappa shape index (κ3) is 5.21. The molecular formula is C19H26IN5O2. The van der Waals surface area contributed by atoms with E-state index in [9.17, 15) is 4.79 Å². The molecule has 0 aliphatic carbocycles. The summed E-state index contributed by atoms with van der Waals surface area (Å²) in [4.78, 5) is 16.2. The van der Waals surface area contributed by atoms with Crippen LogP contribution >= 0.6 is 22.6 Å². The zero-order valence-electron chi connectivity index (χ0n) is 16.2. The molecule has 0 atom stereocenters. The normalized spacial score (nSPS) is 10.9. The fourth-order valence-electron chi connectivity index (χ4n) is 2.61. The van der Waals surface area contributed by atoms with E-state index in [4.69, 9.17) is 10.5 Å². The summed E-state index contributed by atoms with van der Waals surface area (Å²) >= 11 is 2.19. The first-order chi connectivity index (χ1) is 12.7. The molecule has 2 rings (SSSR count). The Morgan fingerprint density at radius 3 is 2.78 bits per heavy atom. The quantitative estimate of drug-likeness (QED) is 0.532. The highest BCUT2D eigenvalue weighted by molar-refractivity contribution is 14.1. The number of aryl methyl sites for hydroxylation is 1. The maximum atomic E-state index is 11.8. The van der Waals surface area contributed by atoms with Gasteiger partial charge in [-0.25, -0.2) is 4.98 Å². The van der Waals surface area contributed by atoms with Gasteiger partial charge in [0.2, 0.25) is 5.88 Å². The molecule has 0 unspecified atom stereocenters. The number of carbonyl (C=O) groups excluding carboxylic acids is 1. The summed E-state index contributed by atoms with van der Waals surface area (Å²) in [5.41, 5.74) is 8.52. The van der Waals surface area contributed by atoms with Crippen LogP contribution in [0.2, 0.25) is 0 Å². The van der Waals surface area contributed by atoms with Crippen LogP contribution in [0.15, 0.2) is 18.8 Å². The highest BCUT2D eigenvalue weighted by Crippen LogP contribution is 2.30. The van der Waals surface area contributed by atoms with Crippen molar-refractivity contribution < 1.29 is 9.53 Å². The number of aromatic nitrogens is 3. The van der Waals surface area contributed by atoms with Gasteiger partial charge in [-0.1, -0.05) is 33.8 Å².